The fraction of sp³-hybridized carbons (Fsp3) is 0.485. The highest BCUT2D eigenvalue weighted by molar-refractivity contribution is 5.66. The first-order chi connectivity index (χ1) is 22.2. The molecule has 3 aromatic rings. The number of aromatic nitrogens is 2. The third-order valence-electron chi connectivity index (χ3n) is 8.82. The first-order valence-corrected chi connectivity index (χ1v) is 15.4. The highest BCUT2D eigenvalue weighted by Crippen LogP contribution is 2.47. The van der Waals surface area contributed by atoms with E-state index < -0.39 is 11.7 Å². The number of rotatable bonds is 7. The second kappa shape index (κ2) is 14.7. The van der Waals surface area contributed by atoms with Gasteiger partial charge >= 0.3 is 6.18 Å². The van der Waals surface area contributed by atoms with Gasteiger partial charge in [-0.2, -0.15) is 13.2 Å². The number of pyridine rings is 2. The quantitative estimate of drug-likeness (QED) is 0.355. The lowest BCUT2D eigenvalue weighted by Gasteiger charge is -2.49. The Morgan fingerprint density at radius 1 is 1.17 bits per heavy atom. The molecule has 0 aliphatic carbocycles. The minimum atomic E-state index is -4.52. The van der Waals surface area contributed by atoms with Crippen LogP contribution in [0.2, 0.25) is 0 Å². The topological polar surface area (TPSA) is 109 Å². The Kier molecular flexibility index (Phi) is 10.6. The van der Waals surface area contributed by atoms with Crippen LogP contribution >= 0.6 is 0 Å². The van der Waals surface area contributed by atoms with Crippen LogP contribution < -0.4 is 19.7 Å². The van der Waals surface area contributed by atoms with E-state index in [-0.39, 0.29) is 29.4 Å². The number of benzene rings is 1. The van der Waals surface area contributed by atoms with Gasteiger partial charge in [-0.15, -0.1) is 0 Å². The van der Waals surface area contributed by atoms with E-state index >= 15 is 0 Å². The van der Waals surface area contributed by atoms with E-state index in [1.165, 1.54) is 18.7 Å². The van der Waals surface area contributed by atoms with Gasteiger partial charge in [-0.25, -0.2) is 4.98 Å². The van der Waals surface area contributed by atoms with Crippen LogP contribution in [0.4, 0.5) is 18.9 Å². The molecule has 0 amide bonds. The summed E-state index contributed by atoms with van der Waals surface area (Å²) in [6, 6.07) is 12.8. The van der Waals surface area contributed by atoms with Crippen molar-refractivity contribution < 1.29 is 37.3 Å². The Bertz CT molecular complexity index is 1480. The van der Waals surface area contributed by atoms with Gasteiger partial charge in [0.1, 0.15) is 11.3 Å². The minimum absolute atomic E-state index is 0.153. The monoisotopic (exact) mass is 643 g/mol. The number of nitrogens with zero attached hydrogens (tertiary/aromatic N) is 4. The molecule has 1 unspecified atom stereocenters. The lowest BCUT2D eigenvalue weighted by molar-refractivity contribution is -0.138. The van der Waals surface area contributed by atoms with Crippen LogP contribution in [0.5, 0.6) is 11.6 Å². The third-order valence-corrected chi connectivity index (χ3v) is 8.82. The van der Waals surface area contributed by atoms with Gasteiger partial charge < -0.3 is 29.5 Å². The Balaban J connectivity index is 0.00000134. The zero-order chi connectivity index (χ0) is 32.7. The van der Waals surface area contributed by atoms with Crippen molar-refractivity contribution in [2.45, 2.75) is 43.9 Å². The number of hydrogen-bond acceptors (Lipinski definition) is 9. The number of fused-ring (bicyclic) bond motifs is 2. The summed E-state index contributed by atoms with van der Waals surface area (Å²) < 4.78 is 59.2. The number of piperidine rings is 1. The summed E-state index contributed by atoms with van der Waals surface area (Å²) in [5, 5.41) is 10.5. The van der Waals surface area contributed by atoms with Crippen molar-refractivity contribution in [3.05, 3.63) is 65.5 Å². The number of carboxylic acid groups (broad SMARTS) is 1. The van der Waals surface area contributed by atoms with Crippen molar-refractivity contribution >= 4 is 12.2 Å². The molecular formula is C33H40F3N5O5. The van der Waals surface area contributed by atoms with E-state index in [2.05, 4.69) is 21.3 Å². The van der Waals surface area contributed by atoms with Crippen molar-refractivity contribution in [2.24, 2.45) is 0 Å². The normalized spacial score (nSPS) is 19.5. The van der Waals surface area contributed by atoms with Gasteiger partial charge in [-0.05, 0) is 55.7 Å². The van der Waals surface area contributed by atoms with Gasteiger partial charge in [-0.3, -0.25) is 14.7 Å². The van der Waals surface area contributed by atoms with E-state index in [0.29, 0.717) is 58.2 Å². The zero-order valence-electron chi connectivity index (χ0n) is 26.1. The first-order valence-electron chi connectivity index (χ1n) is 15.4. The molecule has 1 aromatic carbocycles. The fourth-order valence-corrected chi connectivity index (χ4v) is 6.89. The van der Waals surface area contributed by atoms with Gasteiger partial charge in [-0.1, -0.05) is 12.1 Å². The zero-order valence-corrected chi connectivity index (χ0v) is 26.1. The molecule has 1 spiro atoms. The van der Waals surface area contributed by atoms with Gasteiger partial charge in [0.15, 0.2) is 0 Å². The molecule has 3 aliphatic heterocycles. The van der Waals surface area contributed by atoms with Gasteiger partial charge in [0, 0.05) is 56.9 Å². The standard InChI is InChI=1S/C32H38F3N5O3.CH2O2/c1-3-43-30-23(6-5-13-37-30)25-10-9-24-26(38-25)19-39(18-22-20-42-17-14-36-22)21-31(24)11-15-40(16-12-31)27-7-4-8-28(41-2)29(27)32(33,34)35;2-1-3/h4-10,13,22,36H,3,11-12,14-21H2,1-2H3;1H,(H,2,3). The molecule has 46 heavy (non-hydrogen) atoms. The Labute approximate surface area is 266 Å². The number of halogens is 3. The lowest BCUT2D eigenvalue weighted by Crippen LogP contribution is -2.56. The van der Waals surface area contributed by atoms with Crippen LogP contribution in [-0.4, -0.2) is 92.1 Å². The van der Waals surface area contributed by atoms with Crippen molar-refractivity contribution in [2.75, 3.05) is 64.6 Å². The maximum Gasteiger partial charge on any atom is 0.421 e. The summed E-state index contributed by atoms with van der Waals surface area (Å²) in [6.45, 7) is 7.66. The highest BCUT2D eigenvalue weighted by Gasteiger charge is 2.45. The third kappa shape index (κ3) is 7.21. The summed E-state index contributed by atoms with van der Waals surface area (Å²) in [7, 11) is 1.28. The fourth-order valence-electron chi connectivity index (χ4n) is 6.89. The van der Waals surface area contributed by atoms with E-state index in [0.717, 1.165) is 36.6 Å². The molecule has 5 heterocycles. The second-order valence-electron chi connectivity index (χ2n) is 11.6. The van der Waals surface area contributed by atoms with E-state index in [9.17, 15) is 13.2 Å². The van der Waals surface area contributed by atoms with Crippen LogP contribution in [0.3, 0.4) is 0 Å². The summed E-state index contributed by atoms with van der Waals surface area (Å²) in [4.78, 5) is 22.2. The van der Waals surface area contributed by atoms with E-state index in [4.69, 9.17) is 29.1 Å². The first kappa shape index (κ1) is 33.4. The van der Waals surface area contributed by atoms with E-state index in [1.54, 1.807) is 18.3 Å². The average Bonchev–Trinajstić information content (AvgIpc) is 3.05. The van der Waals surface area contributed by atoms with Crippen LogP contribution in [0.25, 0.3) is 11.3 Å². The average molecular weight is 644 g/mol. The predicted octanol–water partition coefficient (Wildman–Crippen LogP) is 4.61. The van der Waals surface area contributed by atoms with Gasteiger partial charge in [0.2, 0.25) is 5.88 Å². The maximum absolute atomic E-state index is 14.2. The Morgan fingerprint density at radius 3 is 2.63 bits per heavy atom. The van der Waals surface area contributed by atoms with Crippen LogP contribution in [0, 0.1) is 0 Å². The SMILES string of the molecule is CCOc1ncccc1-c1ccc2c(n1)CN(CC1COCCN1)CC21CCN(c2cccc(OC)c2C(F)(F)F)CC1.O=CO. The molecule has 0 bridgehead atoms. The van der Waals surface area contributed by atoms with Gasteiger partial charge in [0.05, 0.1) is 49.6 Å². The number of hydrogen-bond donors (Lipinski definition) is 2. The Morgan fingerprint density at radius 2 is 1.96 bits per heavy atom. The molecule has 2 fully saturated rings. The Hall–Kier alpha value is -3.94. The van der Waals surface area contributed by atoms with Crippen molar-refractivity contribution in [3.63, 3.8) is 0 Å². The molecule has 3 aliphatic rings. The van der Waals surface area contributed by atoms with E-state index in [1.807, 2.05) is 30.0 Å². The second-order valence-corrected chi connectivity index (χ2v) is 11.6. The molecule has 0 radical (unpaired) electrons. The number of alkyl halides is 3. The molecule has 2 saturated heterocycles. The molecule has 10 nitrogen and oxygen atoms in total. The summed E-state index contributed by atoms with van der Waals surface area (Å²) in [5.74, 6) is 0.399. The molecular weight excluding hydrogens is 603 g/mol. The van der Waals surface area contributed by atoms with Crippen molar-refractivity contribution in [1.82, 2.24) is 20.2 Å². The van der Waals surface area contributed by atoms with Crippen molar-refractivity contribution in [1.29, 1.82) is 0 Å². The number of anilines is 1. The smallest absolute Gasteiger partial charge is 0.421 e. The van der Waals surface area contributed by atoms with Crippen LogP contribution in [0.1, 0.15) is 36.6 Å². The molecule has 13 heteroatoms. The largest absolute Gasteiger partial charge is 0.496 e. The number of morpholine rings is 1. The molecule has 6 rings (SSSR count). The number of methoxy groups -OCH3 is 1. The molecule has 2 aromatic heterocycles. The lowest BCUT2D eigenvalue weighted by atomic mass is 9.69. The predicted molar refractivity (Wildman–Crippen MR) is 166 cm³/mol. The van der Waals surface area contributed by atoms with Crippen LogP contribution in [-0.2, 0) is 27.7 Å². The van der Waals surface area contributed by atoms with Gasteiger partial charge in [0.25, 0.3) is 6.47 Å². The summed E-state index contributed by atoms with van der Waals surface area (Å²) in [6.07, 6.45) is -1.40. The van der Waals surface area contributed by atoms with Crippen molar-refractivity contribution in [3.8, 4) is 22.9 Å². The molecule has 248 valence electrons. The molecule has 1 atom stereocenters. The summed E-state index contributed by atoms with van der Waals surface area (Å²) >= 11 is 0. The minimum Gasteiger partial charge on any atom is -0.496 e. The number of ether oxygens (including phenoxy) is 3. The molecule has 0 saturated carbocycles. The number of carbonyl (C=O) groups is 1. The maximum atomic E-state index is 14.2. The molecule has 2 N–H and O–H groups in total. The highest BCUT2D eigenvalue weighted by atomic mass is 19.4. The van der Waals surface area contributed by atoms with Crippen LogP contribution in [0.15, 0.2) is 48.7 Å². The number of nitrogens with one attached hydrogen (secondary N) is 1. The summed E-state index contributed by atoms with van der Waals surface area (Å²) in [5.41, 5.74) is 3.05.